The number of ether oxygens (including phenoxy) is 4. The number of aliphatic hydroxyl groups is 1. The van der Waals surface area contributed by atoms with Crippen molar-refractivity contribution < 1.29 is 80.2 Å². The third-order valence-corrected chi connectivity index (χ3v) is 21.0. The molecule has 0 aromatic rings. The van der Waals surface area contributed by atoms with Gasteiger partial charge in [0.15, 0.2) is 12.2 Å². The number of carbonyl (C=O) groups excluding carboxylic acids is 4. The molecule has 0 aliphatic carbocycles. The van der Waals surface area contributed by atoms with Gasteiger partial charge in [0.2, 0.25) is 0 Å². The first kappa shape index (κ1) is 97.1. The van der Waals surface area contributed by atoms with Crippen LogP contribution in [0.2, 0.25) is 0 Å². The highest BCUT2D eigenvalue weighted by Crippen LogP contribution is 2.45. The van der Waals surface area contributed by atoms with Gasteiger partial charge in [-0.25, -0.2) is 9.13 Å². The van der Waals surface area contributed by atoms with Gasteiger partial charge in [0, 0.05) is 25.7 Å². The number of hydrogen-bond donors (Lipinski definition) is 3. The number of phosphoric acid groups is 2. The van der Waals surface area contributed by atoms with Crippen LogP contribution in [-0.4, -0.2) is 96.7 Å². The molecule has 3 unspecified atom stereocenters. The lowest BCUT2D eigenvalue weighted by Gasteiger charge is -2.21. The molecule has 3 N–H and O–H groups in total. The zero-order chi connectivity index (χ0) is 72.8. The molecule has 0 radical (unpaired) electrons. The zero-order valence-corrected chi connectivity index (χ0v) is 66.6. The molecule has 0 spiro atoms. The third kappa shape index (κ3) is 72.8. The van der Waals surface area contributed by atoms with E-state index in [4.69, 9.17) is 37.0 Å². The van der Waals surface area contributed by atoms with Gasteiger partial charge in [-0.1, -0.05) is 369 Å². The maximum absolute atomic E-state index is 13.1. The Hall–Kier alpha value is -1.94. The minimum Gasteiger partial charge on any atom is -0.462 e. The minimum atomic E-state index is -4.96. The molecule has 0 fully saturated rings. The molecule has 0 heterocycles. The van der Waals surface area contributed by atoms with Crippen molar-refractivity contribution in [2.45, 2.75) is 439 Å². The predicted molar refractivity (Wildman–Crippen MR) is 405 cm³/mol. The van der Waals surface area contributed by atoms with Gasteiger partial charge in [-0.3, -0.25) is 37.3 Å². The van der Waals surface area contributed by atoms with Crippen LogP contribution < -0.4 is 0 Å². The highest BCUT2D eigenvalue weighted by molar-refractivity contribution is 7.47. The number of rotatable bonds is 79. The second-order valence-corrected chi connectivity index (χ2v) is 32.4. The summed E-state index contributed by atoms with van der Waals surface area (Å²) >= 11 is 0. The minimum absolute atomic E-state index is 0.106. The van der Waals surface area contributed by atoms with Crippen LogP contribution in [0.1, 0.15) is 420 Å². The van der Waals surface area contributed by atoms with E-state index in [1.807, 2.05) is 0 Å². The van der Waals surface area contributed by atoms with E-state index >= 15 is 0 Å². The summed E-state index contributed by atoms with van der Waals surface area (Å²) in [5, 5.41) is 10.6. The fourth-order valence-electron chi connectivity index (χ4n) is 12.3. The summed E-state index contributed by atoms with van der Waals surface area (Å²) in [6.07, 6.45) is 61.1. The van der Waals surface area contributed by atoms with Crippen molar-refractivity contribution in [3.05, 3.63) is 0 Å². The summed E-state index contributed by atoms with van der Waals surface area (Å²) in [5.41, 5.74) is 0. The molecule has 0 aliphatic rings. The Balaban J connectivity index is 5.21. The largest absolute Gasteiger partial charge is 0.472 e. The molecule has 0 amide bonds. The summed E-state index contributed by atoms with van der Waals surface area (Å²) in [4.78, 5) is 72.9. The first-order chi connectivity index (χ1) is 47.9. The van der Waals surface area contributed by atoms with Gasteiger partial charge >= 0.3 is 39.5 Å². The molecule has 17 nitrogen and oxygen atoms in total. The maximum atomic E-state index is 13.1. The Kier molecular flexibility index (Phi) is 70.3. The van der Waals surface area contributed by atoms with Gasteiger partial charge in [0.25, 0.3) is 0 Å². The van der Waals surface area contributed by atoms with Crippen molar-refractivity contribution in [2.24, 2.45) is 11.8 Å². The van der Waals surface area contributed by atoms with E-state index in [0.717, 1.165) is 108 Å². The van der Waals surface area contributed by atoms with E-state index in [0.29, 0.717) is 25.7 Å². The molecule has 0 saturated heterocycles. The van der Waals surface area contributed by atoms with Crippen molar-refractivity contribution >= 4 is 39.5 Å². The predicted octanol–water partition coefficient (Wildman–Crippen LogP) is 23.9. The Bertz CT molecular complexity index is 1910. The second-order valence-electron chi connectivity index (χ2n) is 29.5. The molecular formula is C80H156O17P2. The van der Waals surface area contributed by atoms with Crippen LogP contribution in [0.5, 0.6) is 0 Å². The molecule has 0 aromatic heterocycles. The molecule has 0 aliphatic heterocycles. The fourth-order valence-corrected chi connectivity index (χ4v) is 13.9. The summed E-state index contributed by atoms with van der Waals surface area (Å²) in [7, 11) is -9.92. The first-order valence-electron chi connectivity index (χ1n) is 41.5. The van der Waals surface area contributed by atoms with E-state index in [-0.39, 0.29) is 25.7 Å². The van der Waals surface area contributed by atoms with E-state index in [2.05, 4.69) is 41.5 Å². The normalized spacial score (nSPS) is 14.2. The molecule has 19 heteroatoms. The quantitative estimate of drug-likeness (QED) is 0.0222. The van der Waals surface area contributed by atoms with E-state index < -0.39 is 97.5 Å². The summed E-state index contributed by atoms with van der Waals surface area (Å²) < 4.78 is 68.6. The molecule has 99 heavy (non-hydrogen) atoms. The second kappa shape index (κ2) is 71.7. The lowest BCUT2D eigenvalue weighted by molar-refractivity contribution is -0.161. The van der Waals surface area contributed by atoms with E-state index in [9.17, 15) is 43.2 Å². The van der Waals surface area contributed by atoms with Crippen molar-refractivity contribution in [2.75, 3.05) is 39.6 Å². The standard InChI is InChI=1S/C80H156O17P2/c1-7-10-12-14-16-18-20-21-22-23-24-25-29-32-36-39-43-50-56-62-77(82)90-68-75(96-80(85)65-59-53-45-41-37-33-30-27-26-28-31-35-38-42-48-54-60-72(4)5)70-94-98(86,87)92-66-74(81)67-93-99(88,89)95-71-76(69-91-78(83)63-57-51-47-46-49-55-61-73(6)9-3)97-79(84)64-58-52-44-40-34-19-17-15-13-11-8-2/h72-76,81H,7-71H2,1-6H3,(H,86,87)(H,88,89)/t73?,74-,75-,76-/m1/s1. The Labute approximate surface area is 607 Å². The summed E-state index contributed by atoms with van der Waals surface area (Å²) in [6, 6.07) is 0. The topological polar surface area (TPSA) is 237 Å². The van der Waals surface area contributed by atoms with E-state index in [1.165, 1.54) is 231 Å². The van der Waals surface area contributed by atoms with Crippen LogP contribution in [0.4, 0.5) is 0 Å². The number of unbranched alkanes of at least 4 members (excludes halogenated alkanes) is 48. The van der Waals surface area contributed by atoms with Gasteiger partial charge < -0.3 is 33.8 Å². The highest BCUT2D eigenvalue weighted by atomic mass is 31.2. The number of aliphatic hydroxyl groups excluding tert-OH is 1. The van der Waals surface area contributed by atoms with Crippen LogP contribution in [-0.2, 0) is 65.4 Å². The maximum Gasteiger partial charge on any atom is 0.472 e. The number of phosphoric ester groups is 2. The molecule has 0 aromatic carbocycles. The summed E-state index contributed by atoms with van der Waals surface area (Å²) in [6.45, 7) is 9.61. The average molecular weight is 1450 g/mol. The van der Waals surface area contributed by atoms with Crippen molar-refractivity contribution in [1.29, 1.82) is 0 Å². The third-order valence-electron chi connectivity index (χ3n) is 19.1. The van der Waals surface area contributed by atoms with Gasteiger partial charge in [0.05, 0.1) is 26.4 Å². The Morgan fingerprint density at radius 3 is 0.768 bits per heavy atom. The smallest absolute Gasteiger partial charge is 0.462 e. The Morgan fingerprint density at radius 1 is 0.293 bits per heavy atom. The lowest BCUT2D eigenvalue weighted by Crippen LogP contribution is -2.30. The van der Waals surface area contributed by atoms with Crippen molar-refractivity contribution in [3.8, 4) is 0 Å². The Morgan fingerprint density at radius 2 is 0.515 bits per heavy atom. The van der Waals surface area contributed by atoms with Crippen LogP contribution in [0.3, 0.4) is 0 Å². The lowest BCUT2D eigenvalue weighted by atomic mass is 10.00. The fraction of sp³-hybridized carbons (Fsp3) is 0.950. The van der Waals surface area contributed by atoms with Crippen molar-refractivity contribution in [3.63, 3.8) is 0 Å². The SMILES string of the molecule is CCCCCCCCCCCCCCCCCCCCCC(=O)OC[C@H](COP(=O)(O)OC[C@@H](O)COP(=O)(O)OC[C@@H](COC(=O)CCCCCCCCC(C)CC)OC(=O)CCCCCCCCCCCCC)OC(=O)CCCCCCCCCCCCCCCCCCC(C)C. The van der Waals surface area contributed by atoms with Gasteiger partial charge in [-0.15, -0.1) is 0 Å². The monoisotopic (exact) mass is 1450 g/mol. The van der Waals surface area contributed by atoms with Crippen molar-refractivity contribution in [1.82, 2.24) is 0 Å². The molecular weight excluding hydrogens is 1290 g/mol. The zero-order valence-electron chi connectivity index (χ0n) is 64.8. The first-order valence-corrected chi connectivity index (χ1v) is 44.5. The molecule has 0 bridgehead atoms. The number of esters is 4. The molecule has 6 atom stereocenters. The van der Waals surface area contributed by atoms with Gasteiger partial charge in [0.1, 0.15) is 19.3 Å². The average Bonchev–Trinajstić information content (AvgIpc) is 0.959. The highest BCUT2D eigenvalue weighted by Gasteiger charge is 2.30. The summed E-state index contributed by atoms with van der Waals surface area (Å²) in [5.74, 6) is -0.571. The van der Waals surface area contributed by atoms with Gasteiger partial charge in [-0.2, -0.15) is 0 Å². The molecule has 588 valence electrons. The number of carbonyl (C=O) groups is 4. The molecule has 0 rings (SSSR count). The van der Waals surface area contributed by atoms with Crippen LogP contribution in [0.25, 0.3) is 0 Å². The molecule has 0 saturated carbocycles. The van der Waals surface area contributed by atoms with Crippen LogP contribution in [0, 0.1) is 11.8 Å². The van der Waals surface area contributed by atoms with Crippen LogP contribution in [0.15, 0.2) is 0 Å². The van der Waals surface area contributed by atoms with Gasteiger partial charge in [-0.05, 0) is 37.5 Å². The number of hydrogen-bond acceptors (Lipinski definition) is 15. The van der Waals surface area contributed by atoms with Crippen LogP contribution >= 0.6 is 15.6 Å². The van der Waals surface area contributed by atoms with E-state index in [1.54, 1.807) is 0 Å².